The quantitative estimate of drug-likeness (QED) is 0.662. The van der Waals surface area contributed by atoms with E-state index in [2.05, 4.69) is 15.0 Å². The molecule has 0 aliphatic carbocycles. The number of benzene rings is 1. The first-order valence-electron chi connectivity index (χ1n) is 9.76. The fourth-order valence-electron chi connectivity index (χ4n) is 3.22. The number of carbonyl (C=O) groups excluding carboxylic acids is 1. The molecule has 1 aliphatic rings. The minimum absolute atomic E-state index is 0.0322. The van der Waals surface area contributed by atoms with Crippen LogP contribution in [0.3, 0.4) is 0 Å². The molecule has 1 fully saturated rings. The number of nitrogens with one attached hydrogen (secondary N) is 1. The zero-order chi connectivity index (χ0) is 23.4. The number of hydrogen-bond donors (Lipinski definition) is 1. The number of sulfonamides is 1. The summed E-state index contributed by atoms with van der Waals surface area (Å²) in [6.45, 7) is -0.797. The van der Waals surface area contributed by atoms with E-state index in [9.17, 15) is 26.4 Å². The Morgan fingerprint density at radius 1 is 1.19 bits per heavy atom. The van der Waals surface area contributed by atoms with E-state index in [4.69, 9.17) is 4.74 Å². The molecule has 1 N–H and O–H groups in total. The molecule has 0 unspecified atom stereocenters. The van der Waals surface area contributed by atoms with Gasteiger partial charge in [0.25, 0.3) is 5.91 Å². The summed E-state index contributed by atoms with van der Waals surface area (Å²) < 4.78 is 74.6. The molecule has 12 heteroatoms. The summed E-state index contributed by atoms with van der Waals surface area (Å²) in [7, 11) is -2.44. The Kier molecular flexibility index (Phi) is 7.24. The lowest BCUT2D eigenvalue weighted by Crippen LogP contribution is -2.35. The summed E-state index contributed by atoms with van der Waals surface area (Å²) in [4.78, 5) is 16.4. The van der Waals surface area contributed by atoms with Crippen molar-refractivity contribution in [2.24, 2.45) is 0 Å². The molecule has 0 saturated carbocycles. The number of carbonyl (C=O) groups is 1. The molecule has 0 radical (unpaired) electrons. The first-order valence-corrected chi connectivity index (χ1v) is 11.2. The SMILES string of the molecule is COc1ccc(S(=O)(=O)N2CCCCC2)cc1NC(=O)c1cccnc1OCC(F)(F)F. The molecule has 8 nitrogen and oxygen atoms in total. The predicted octanol–water partition coefficient (Wildman–Crippen LogP) is 3.46. The Hall–Kier alpha value is -2.86. The van der Waals surface area contributed by atoms with Crippen molar-refractivity contribution in [3.8, 4) is 11.6 Å². The Bertz CT molecular complexity index is 1070. The maximum Gasteiger partial charge on any atom is 0.422 e. The lowest BCUT2D eigenvalue weighted by Gasteiger charge is -2.26. The minimum atomic E-state index is -4.61. The lowest BCUT2D eigenvalue weighted by molar-refractivity contribution is -0.154. The molecule has 174 valence electrons. The van der Waals surface area contributed by atoms with Crippen molar-refractivity contribution in [1.82, 2.24) is 9.29 Å². The number of amides is 1. The Morgan fingerprint density at radius 3 is 2.56 bits per heavy atom. The maximum absolute atomic E-state index is 13.0. The summed E-state index contributed by atoms with van der Waals surface area (Å²) in [5.74, 6) is -1.16. The first kappa shape index (κ1) is 23.8. The third-order valence-electron chi connectivity index (χ3n) is 4.76. The second-order valence-electron chi connectivity index (χ2n) is 7.04. The van der Waals surface area contributed by atoms with Gasteiger partial charge in [0.05, 0.1) is 17.7 Å². The second kappa shape index (κ2) is 9.74. The van der Waals surface area contributed by atoms with Gasteiger partial charge >= 0.3 is 6.18 Å². The number of anilines is 1. The van der Waals surface area contributed by atoms with Gasteiger partial charge in [-0.25, -0.2) is 13.4 Å². The molecule has 1 aromatic heterocycles. The van der Waals surface area contributed by atoms with Crippen molar-refractivity contribution in [1.29, 1.82) is 0 Å². The number of rotatable bonds is 7. The molecule has 1 saturated heterocycles. The fraction of sp³-hybridized carbons (Fsp3) is 0.400. The van der Waals surface area contributed by atoms with Crippen LogP contribution >= 0.6 is 0 Å². The minimum Gasteiger partial charge on any atom is -0.495 e. The summed E-state index contributed by atoms with van der Waals surface area (Å²) in [6, 6.07) is 6.64. The zero-order valence-electron chi connectivity index (χ0n) is 17.2. The molecule has 0 atom stereocenters. The van der Waals surface area contributed by atoms with E-state index in [-0.39, 0.29) is 21.9 Å². The average Bonchev–Trinajstić information content (AvgIpc) is 2.78. The van der Waals surface area contributed by atoms with Crippen LogP contribution in [-0.2, 0) is 10.0 Å². The van der Waals surface area contributed by atoms with Crippen LogP contribution in [0.5, 0.6) is 11.6 Å². The second-order valence-corrected chi connectivity index (χ2v) is 8.98. The van der Waals surface area contributed by atoms with Gasteiger partial charge in [0.2, 0.25) is 15.9 Å². The molecule has 1 aromatic carbocycles. The number of nitrogens with zero attached hydrogens (tertiary/aromatic N) is 2. The monoisotopic (exact) mass is 473 g/mol. The summed E-state index contributed by atoms with van der Waals surface area (Å²) in [5, 5.41) is 2.48. The third kappa shape index (κ3) is 5.68. The third-order valence-corrected chi connectivity index (χ3v) is 6.65. The molecular formula is C20H22F3N3O5S. The highest BCUT2D eigenvalue weighted by Crippen LogP contribution is 2.31. The van der Waals surface area contributed by atoms with Crippen LogP contribution in [0.2, 0.25) is 0 Å². The maximum atomic E-state index is 13.0. The molecule has 3 rings (SSSR count). The van der Waals surface area contributed by atoms with Crippen molar-refractivity contribution in [3.05, 3.63) is 42.1 Å². The smallest absolute Gasteiger partial charge is 0.422 e. The van der Waals surface area contributed by atoms with E-state index in [0.29, 0.717) is 13.1 Å². The van der Waals surface area contributed by atoms with Crippen LogP contribution in [0, 0.1) is 0 Å². The molecule has 1 aliphatic heterocycles. The van der Waals surface area contributed by atoms with E-state index in [1.54, 1.807) is 0 Å². The normalized spacial score (nSPS) is 15.2. The number of aromatic nitrogens is 1. The van der Waals surface area contributed by atoms with E-state index in [0.717, 1.165) is 19.3 Å². The fourth-order valence-corrected chi connectivity index (χ4v) is 4.76. The van der Waals surface area contributed by atoms with Crippen LogP contribution in [-0.4, -0.2) is 56.6 Å². The Balaban J connectivity index is 1.87. The van der Waals surface area contributed by atoms with Gasteiger partial charge < -0.3 is 14.8 Å². The molecule has 2 heterocycles. The number of halogens is 3. The number of ether oxygens (including phenoxy) is 2. The molecule has 0 bridgehead atoms. The van der Waals surface area contributed by atoms with Gasteiger partial charge in [-0.2, -0.15) is 17.5 Å². The highest BCUT2D eigenvalue weighted by atomic mass is 32.2. The first-order chi connectivity index (χ1) is 15.1. The van der Waals surface area contributed by atoms with Crippen LogP contribution in [0.15, 0.2) is 41.4 Å². The van der Waals surface area contributed by atoms with Crippen LogP contribution < -0.4 is 14.8 Å². The van der Waals surface area contributed by atoms with E-state index in [1.807, 2.05) is 0 Å². The van der Waals surface area contributed by atoms with E-state index >= 15 is 0 Å². The van der Waals surface area contributed by atoms with Crippen molar-refractivity contribution >= 4 is 21.6 Å². The Labute approximate surface area is 183 Å². The van der Waals surface area contributed by atoms with Crippen LogP contribution in [0.4, 0.5) is 18.9 Å². The lowest BCUT2D eigenvalue weighted by atomic mass is 10.2. The zero-order valence-corrected chi connectivity index (χ0v) is 18.0. The van der Waals surface area contributed by atoms with Gasteiger partial charge in [-0.15, -0.1) is 0 Å². The standard InChI is InChI=1S/C20H22F3N3O5S/c1-30-17-8-7-14(32(28,29)26-10-3-2-4-11-26)12-16(17)25-18(27)15-6-5-9-24-19(15)31-13-20(21,22)23/h5-9,12H,2-4,10-11,13H2,1H3,(H,25,27). The van der Waals surface area contributed by atoms with Crippen LogP contribution in [0.25, 0.3) is 0 Å². The van der Waals surface area contributed by atoms with E-state index in [1.165, 1.54) is 47.9 Å². The van der Waals surface area contributed by atoms with Crippen molar-refractivity contribution in [3.63, 3.8) is 0 Å². The van der Waals surface area contributed by atoms with Gasteiger partial charge in [0.1, 0.15) is 11.3 Å². The molecule has 1 amide bonds. The molecule has 2 aromatic rings. The summed E-state index contributed by atoms with van der Waals surface area (Å²) in [5.41, 5.74) is -0.204. The number of alkyl halides is 3. The van der Waals surface area contributed by atoms with E-state index < -0.39 is 34.6 Å². The Morgan fingerprint density at radius 2 is 1.91 bits per heavy atom. The largest absolute Gasteiger partial charge is 0.495 e. The van der Waals surface area contributed by atoms with Gasteiger partial charge in [-0.1, -0.05) is 6.42 Å². The van der Waals surface area contributed by atoms with Gasteiger partial charge in [0, 0.05) is 19.3 Å². The highest BCUT2D eigenvalue weighted by molar-refractivity contribution is 7.89. The van der Waals surface area contributed by atoms with Crippen molar-refractivity contribution < 1.29 is 35.9 Å². The summed E-state index contributed by atoms with van der Waals surface area (Å²) in [6.07, 6.45) is -0.929. The topological polar surface area (TPSA) is 97.8 Å². The average molecular weight is 473 g/mol. The summed E-state index contributed by atoms with van der Waals surface area (Å²) >= 11 is 0. The predicted molar refractivity (Wildman–Crippen MR) is 109 cm³/mol. The number of pyridine rings is 1. The highest BCUT2D eigenvalue weighted by Gasteiger charge is 2.30. The number of hydrogen-bond acceptors (Lipinski definition) is 6. The van der Waals surface area contributed by atoms with Gasteiger partial charge in [0.15, 0.2) is 6.61 Å². The van der Waals surface area contributed by atoms with Crippen LogP contribution in [0.1, 0.15) is 29.6 Å². The van der Waals surface area contributed by atoms with Crippen molar-refractivity contribution in [2.45, 2.75) is 30.3 Å². The van der Waals surface area contributed by atoms with Gasteiger partial charge in [-0.05, 0) is 43.2 Å². The molecule has 0 spiro atoms. The molecule has 32 heavy (non-hydrogen) atoms. The molecular weight excluding hydrogens is 451 g/mol. The van der Waals surface area contributed by atoms with Gasteiger partial charge in [-0.3, -0.25) is 4.79 Å². The number of piperidine rings is 1. The number of methoxy groups -OCH3 is 1. The van der Waals surface area contributed by atoms with Crippen molar-refractivity contribution in [2.75, 3.05) is 32.1 Å².